The number of Topliss-reactive ketones (excluding diaryl/α,β-unsaturated/α-hetero) is 1. The van der Waals surface area contributed by atoms with Gasteiger partial charge in [0, 0.05) is 18.8 Å². The number of methoxy groups -OCH3 is 1. The second-order valence-corrected chi connectivity index (χ2v) is 7.79. The van der Waals surface area contributed by atoms with Crippen molar-refractivity contribution in [1.29, 1.82) is 0 Å². The molecular formula is C23H40O3. The van der Waals surface area contributed by atoms with Gasteiger partial charge in [0.25, 0.3) is 0 Å². The number of ketones is 1. The summed E-state index contributed by atoms with van der Waals surface area (Å²) >= 11 is 0. The third kappa shape index (κ3) is 10.1. The Labute approximate surface area is 161 Å². The zero-order chi connectivity index (χ0) is 19.0. The van der Waals surface area contributed by atoms with Crippen LogP contribution < -0.4 is 0 Å². The molecule has 0 aromatic heterocycles. The lowest BCUT2D eigenvalue weighted by atomic mass is 9.89. The smallest absolute Gasteiger partial charge is 0.305 e. The van der Waals surface area contributed by atoms with Crippen molar-refractivity contribution in [2.24, 2.45) is 11.8 Å². The Kier molecular flexibility index (Phi) is 13.2. The highest BCUT2D eigenvalue weighted by Crippen LogP contribution is 2.34. The van der Waals surface area contributed by atoms with E-state index in [0.717, 1.165) is 38.5 Å². The maximum Gasteiger partial charge on any atom is 0.305 e. The van der Waals surface area contributed by atoms with Gasteiger partial charge in [0.2, 0.25) is 0 Å². The Balaban J connectivity index is 2.10. The highest BCUT2D eigenvalue weighted by molar-refractivity contribution is 5.83. The maximum atomic E-state index is 12.2. The largest absolute Gasteiger partial charge is 0.469 e. The number of hydrogen-bond acceptors (Lipinski definition) is 3. The van der Waals surface area contributed by atoms with Crippen LogP contribution in [0.25, 0.3) is 0 Å². The molecule has 26 heavy (non-hydrogen) atoms. The van der Waals surface area contributed by atoms with Gasteiger partial charge in [-0.3, -0.25) is 9.59 Å². The highest BCUT2D eigenvalue weighted by Gasteiger charge is 2.31. The van der Waals surface area contributed by atoms with Crippen molar-refractivity contribution in [3.8, 4) is 0 Å². The van der Waals surface area contributed by atoms with Crippen LogP contribution in [0.5, 0.6) is 0 Å². The number of carbonyl (C=O) groups excluding carboxylic acids is 2. The normalized spacial score (nSPS) is 20.2. The molecule has 0 heterocycles. The summed E-state index contributed by atoms with van der Waals surface area (Å²) in [7, 11) is 1.45. The average Bonchev–Trinajstić information content (AvgIpc) is 2.99. The summed E-state index contributed by atoms with van der Waals surface area (Å²) in [6.45, 7) is 2.24. The van der Waals surface area contributed by atoms with E-state index >= 15 is 0 Å². The Morgan fingerprint density at radius 2 is 1.73 bits per heavy atom. The Morgan fingerprint density at radius 3 is 2.46 bits per heavy atom. The van der Waals surface area contributed by atoms with Gasteiger partial charge in [-0.2, -0.15) is 0 Å². The number of rotatable bonds is 15. The van der Waals surface area contributed by atoms with E-state index in [4.69, 9.17) is 0 Å². The molecule has 1 rings (SSSR count). The Bertz CT molecular complexity index is 414. The number of allylic oxidation sites excluding steroid dienone is 2. The molecule has 1 fully saturated rings. The summed E-state index contributed by atoms with van der Waals surface area (Å²) < 4.78 is 4.65. The molecular weight excluding hydrogens is 324 g/mol. The predicted octanol–water partition coefficient (Wildman–Crippen LogP) is 6.40. The van der Waals surface area contributed by atoms with Crippen LogP contribution in [-0.2, 0) is 14.3 Å². The van der Waals surface area contributed by atoms with Gasteiger partial charge in [-0.15, -0.1) is 0 Å². The molecule has 0 saturated heterocycles. The first-order valence-electron chi connectivity index (χ1n) is 10.9. The lowest BCUT2D eigenvalue weighted by Crippen LogP contribution is -2.13. The highest BCUT2D eigenvalue weighted by atomic mass is 16.5. The molecule has 3 nitrogen and oxygen atoms in total. The van der Waals surface area contributed by atoms with E-state index in [1.165, 1.54) is 58.5 Å². The molecule has 0 radical (unpaired) electrons. The molecule has 3 heteroatoms. The predicted molar refractivity (Wildman–Crippen MR) is 108 cm³/mol. The minimum absolute atomic E-state index is 0.103. The Morgan fingerprint density at radius 1 is 1.04 bits per heavy atom. The van der Waals surface area contributed by atoms with Crippen LogP contribution in [0.2, 0.25) is 0 Å². The second-order valence-electron chi connectivity index (χ2n) is 7.79. The van der Waals surface area contributed by atoms with E-state index in [1.54, 1.807) is 0 Å². The first-order chi connectivity index (χ1) is 12.7. The van der Waals surface area contributed by atoms with Gasteiger partial charge >= 0.3 is 5.97 Å². The minimum atomic E-state index is -0.103. The lowest BCUT2D eigenvalue weighted by Gasteiger charge is -2.14. The van der Waals surface area contributed by atoms with E-state index in [9.17, 15) is 9.59 Å². The topological polar surface area (TPSA) is 43.4 Å². The van der Waals surface area contributed by atoms with Gasteiger partial charge in [0.15, 0.2) is 0 Å². The van der Waals surface area contributed by atoms with Gasteiger partial charge in [-0.25, -0.2) is 0 Å². The summed E-state index contributed by atoms with van der Waals surface area (Å²) in [5.74, 6) is 1.16. The molecule has 0 unspecified atom stereocenters. The molecule has 1 aliphatic carbocycles. The number of ether oxygens (including phenoxy) is 1. The molecule has 1 aliphatic rings. The van der Waals surface area contributed by atoms with E-state index in [0.29, 0.717) is 18.1 Å². The van der Waals surface area contributed by atoms with Gasteiger partial charge in [0.1, 0.15) is 5.78 Å². The average molecular weight is 365 g/mol. The Hall–Kier alpha value is -1.12. The number of hydrogen-bond donors (Lipinski definition) is 0. The zero-order valence-electron chi connectivity index (χ0n) is 17.1. The molecule has 0 spiro atoms. The number of esters is 1. The van der Waals surface area contributed by atoms with Gasteiger partial charge in [-0.05, 0) is 38.0 Å². The summed E-state index contributed by atoms with van der Waals surface area (Å²) in [6.07, 6.45) is 21.3. The van der Waals surface area contributed by atoms with E-state index in [-0.39, 0.29) is 11.9 Å². The lowest BCUT2D eigenvalue weighted by molar-refractivity contribution is -0.140. The van der Waals surface area contributed by atoms with E-state index in [2.05, 4.69) is 23.8 Å². The quantitative estimate of drug-likeness (QED) is 0.192. The third-order valence-corrected chi connectivity index (χ3v) is 5.64. The van der Waals surface area contributed by atoms with E-state index in [1.807, 2.05) is 0 Å². The van der Waals surface area contributed by atoms with Crippen LogP contribution in [0, 0.1) is 11.8 Å². The van der Waals surface area contributed by atoms with Crippen LogP contribution in [0.4, 0.5) is 0 Å². The van der Waals surface area contributed by atoms with Gasteiger partial charge in [-0.1, -0.05) is 70.4 Å². The maximum absolute atomic E-state index is 12.2. The van der Waals surface area contributed by atoms with Crippen molar-refractivity contribution in [1.82, 2.24) is 0 Å². The summed E-state index contributed by atoms with van der Waals surface area (Å²) in [6, 6.07) is 0. The van der Waals surface area contributed by atoms with Crippen LogP contribution in [0.15, 0.2) is 12.2 Å². The SMILES string of the molecule is CCCCCC/C=C/[C@H]1CCC(=O)[C@@H]1CCCCCCCCC(=O)OC. The monoisotopic (exact) mass is 364 g/mol. The van der Waals surface area contributed by atoms with E-state index < -0.39 is 0 Å². The third-order valence-electron chi connectivity index (χ3n) is 5.64. The first kappa shape index (κ1) is 22.9. The molecule has 0 aromatic rings. The van der Waals surface area contributed by atoms with Gasteiger partial charge < -0.3 is 4.74 Å². The first-order valence-corrected chi connectivity index (χ1v) is 10.9. The molecule has 0 aliphatic heterocycles. The van der Waals surface area contributed by atoms with Crippen LogP contribution in [-0.4, -0.2) is 18.9 Å². The summed E-state index contributed by atoms with van der Waals surface area (Å²) in [5.41, 5.74) is 0. The van der Waals surface area contributed by atoms with Crippen molar-refractivity contribution in [3.63, 3.8) is 0 Å². The van der Waals surface area contributed by atoms with Gasteiger partial charge in [0.05, 0.1) is 7.11 Å². The van der Waals surface area contributed by atoms with Crippen LogP contribution in [0.1, 0.15) is 103 Å². The summed E-state index contributed by atoms with van der Waals surface area (Å²) in [5, 5.41) is 0. The van der Waals surface area contributed by atoms with Crippen LogP contribution >= 0.6 is 0 Å². The summed E-state index contributed by atoms with van der Waals surface area (Å²) in [4.78, 5) is 23.2. The van der Waals surface area contributed by atoms with Crippen molar-refractivity contribution >= 4 is 11.8 Å². The van der Waals surface area contributed by atoms with Crippen molar-refractivity contribution in [3.05, 3.63) is 12.2 Å². The minimum Gasteiger partial charge on any atom is -0.469 e. The number of unbranched alkanes of at least 4 members (excludes halogenated alkanes) is 9. The van der Waals surface area contributed by atoms with Crippen molar-refractivity contribution in [2.45, 2.75) is 103 Å². The zero-order valence-corrected chi connectivity index (χ0v) is 17.1. The molecule has 0 aromatic carbocycles. The molecule has 2 atom stereocenters. The molecule has 0 amide bonds. The molecule has 0 N–H and O–H groups in total. The fourth-order valence-electron chi connectivity index (χ4n) is 3.94. The molecule has 0 bridgehead atoms. The second kappa shape index (κ2) is 15.0. The van der Waals surface area contributed by atoms with Crippen molar-refractivity contribution in [2.75, 3.05) is 7.11 Å². The fraction of sp³-hybridized carbons (Fsp3) is 0.826. The van der Waals surface area contributed by atoms with Crippen LogP contribution in [0.3, 0.4) is 0 Å². The van der Waals surface area contributed by atoms with Crippen molar-refractivity contribution < 1.29 is 14.3 Å². The number of carbonyl (C=O) groups is 2. The fourth-order valence-corrected chi connectivity index (χ4v) is 3.94. The molecule has 1 saturated carbocycles. The molecule has 150 valence electrons. The standard InChI is InChI=1S/C23H40O3/c1-3-4-5-6-9-12-15-20-18-19-22(24)21(20)16-13-10-7-8-11-14-17-23(25)26-2/h12,15,20-21H,3-11,13-14,16-19H2,1-2H3/b15-12+/t20-,21+/m0/s1.